The highest BCUT2D eigenvalue weighted by atomic mass is 14.9. The minimum Gasteiger partial charge on any atom is -0.306 e. The Kier molecular flexibility index (Phi) is 5.17. The molecule has 1 heteroatoms. The van der Waals surface area contributed by atoms with Crippen molar-refractivity contribution in [2.75, 3.05) is 0 Å². The van der Waals surface area contributed by atoms with Crippen LogP contribution in [0.2, 0.25) is 0 Å². The van der Waals surface area contributed by atoms with Crippen molar-refractivity contribution in [2.45, 2.75) is 39.3 Å². The first-order chi connectivity index (χ1) is 9.33. The van der Waals surface area contributed by atoms with Crippen molar-refractivity contribution in [2.24, 2.45) is 0 Å². The summed E-state index contributed by atoms with van der Waals surface area (Å²) in [7, 11) is 0. The van der Waals surface area contributed by atoms with E-state index in [0.717, 1.165) is 19.4 Å². The largest absolute Gasteiger partial charge is 0.306 e. The Hall–Kier alpha value is -1.60. The van der Waals surface area contributed by atoms with Gasteiger partial charge in [0, 0.05) is 12.6 Å². The molecule has 0 aliphatic rings. The Bertz CT molecular complexity index is 473. The van der Waals surface area contributed by atoms with Gasteiger partial charge in [0.1, 0.15) is 0 Å². The molecule has 2 rings (SSSR count). The Balaban J connectivity index is 1.99. The van der Waals surface area contributed by atoms with Gasteiger partial charge in [-0.1, -0.05) is 68.4 Å². The summed E-state index contributed by atoms with van der Waals surface area (Å²) >= 11 is 0. The molecule has 0 radical (unpaired) electrons. The molecule has 0 amide bonds. The van der Waals surface area contributed by atoms with Crippen molar-refractivity contribution >= 4 is 0 Å². The molecule has 0 spiro atoms. The Morgan fingerprint density at radius 3 is 2.11 bits per heavy atom. The average molecular weight is 253 g/mol. The van der Waals surface area contributed by atoms with E-state index in [4.69, 9.17) is 0 Å². The molecule has 0 bridgehead atoms. The lowest BCUT2D eigenvalue weighted by Gasteiger charge is -2.18. The maximum Gasteiger partial charge on any atom is 0.0320 e. The van der Waals surface area contributed by atoms with Gasteiger partial charge in [-0.05, 0) is 29.5 Å². The Morgan fingerprint density at radius 2 is 1.53 bits per heavy atom. The third-order valence-corrected chi connectivity index (χ3v) is 3.59. The highest BCUT2D eigenvalue weighted by Crippen LogP contribution is 2.18. The SMILES string of the molecule is CCc1ccc(C(CC)NCc2ccccc2)cc1. The molecule has 2 aromatic rings. The topological polar surface area (TPSA) is 12.0 Å². The van der Waals surface area contributed by atoms with Crippen molar-refractivity contribution in [1.82, 2.24) is 5.32 Å². The van der Waals surface area contributed by atoms with E-state index in [9.17, 15) is 0 Å². The maximum atomic E-state index is 3.64. The number of benzene rings is 2. The van der Waals surface area contributed by atoms with Gasteiger partial charge in [0.15, 0.2) is 0 Å². The molecule has 1 N–H and O–H groups in total. The molecule has 1 unspecified atom stereocenters. The van der Waals surface area contributed by atoms with Crippen LogP contribution in [0.25, 0.3) is 0 Å². The van der Waals surface area contributed by atoms with Crippen LogP contribution in [0.3, 0.4) is 0 Å². The molecule has 0 saturated heterocycles. The van der Waals surface area contributed by atoms with E-state index in [1.54, 1.807) is 0 Å². The van der Waals surface area contributed by atoms with Gasteiger partial charge >= 0.3 is 0 Å². The second-order valence-corrected chi connectivity index (χ2v) is 4.92. The number of hydrogen-bond donors (Lipinski definition) is 1. The van der Waals surface area contributed by atoms with Gasteiger partial charge in [-0.15, -0.1) is 0 Å². The summed E-state index contributed by atoms with van der Waals surface area (Å²) in [6, 6.07) is 20.0. The summed E-state index contributed by atoms with van der Waals surface area (Å²) in [4.78, 5) is 0. The molecule has 0 aliphatic heterocycles. The van der Waals surface area contributed by atoms with Crippen LogP contribution < -0.4 is 5.32 Å². The first-order valence-electron chi connectivity index (χ1n) is 7.19. The van der Waals surface area contributed by atoms with Crippen LogP contribution in [-0.4, -0.2) is 0 Å². The standard InChI is InChI=1S/C18H23N/c1-3-15-10-12-17(13-11-15)18(4-2)19-14-16-8-6-5-7-9-16/h5-13,18-19H,3-4,14H2,1-2H3. The normalized spacial score (nSPS) is 12.3. The second-order valence-electron chi connectivity index (χ2n) is 4.92. The molecule has 0 saturated carbocycles. The predicted molar refractivity (Wildman–Crippen MR) is 82.1 cm³/mol. The molecular formula is C18H23N. The van der Waals surface area contributed by atoms with Crippen molar-refractivity contribution in [3.05, 3.63) is 71.3 Å². The third-order valence-electron chi connectivity index (χ3n) is 3.59. The Morgan fingerprint density at radius 1 is 0.842 bits per heavy atom. The van der Waals surface area contributed by atoms with Crippen LogP contribution in [0.5, 0.6) is 0 Å². The zero-order chi connectivity index (χ0) is 13.5. The van der Waals surface area contributed by atoms with E-state index in [2.05, 4.69) is 73.8 Å². The lowest BCUT2D eigenvalue weighted by molar-refractivity contribution is 0.519. The van der Waals surface area contributed by atoms with E-state index in [1.165, 1.54) is 16.7 Å². The third kappa shape index (κ3) is 3.93. The van der Waals surface area contributed by atoms with E-state index >= 15 is 0 Å². The molecule has 2 aromatic carbocycles. The van der Waals surface area contributed by atoms with Crippen LogP contribution in [0, 0.1) is 0 Å². The summed E-state index contributed by atoms with van der Waals surface area (Å²) in [5.74, 6) is 0. The molecule has 1 nitrogen and oxygen atoms in total. The van der Waals surface area contributed by atoms with Gasteiger partial charge in [0.05, 0.1) is 0 Å². The Labute approximate surface area is 116 Å². The minimum absolute atomic E-state index is 0.436. The maximum absolute atomic E-state index is 3.64. The predicted octanol–water partition coefficient (Wildman–Crippen LogP) is 4.49. The second kappa shape index (κ2) is 7.10. The van der Waals surface area contributed by atoms with Crippen molar-refractivity contribution in [1.29, 1.82) is 0 Å². The molecule has 0 heterocycles. The first-order valence-corrected chi connectivity index (χ1v) is 7.19. The van der Waals surface area contributed by atoms with Crippen molar-refractivity contribution < 1.29 is 0 Å². The van der Waals surface area contributed by atoms with Crippen LogP contribution >= 0.6 is 0 Å². The molecular weight excluding hydrogens is 230 g/mol. The summed E-state index contributed by atoms with van der Waals surface area (Å²) in [6.45, 7) is 5.35. The smallest absolute Gasteiger partial charge is 0.0320 e. The molecule has 19 heavy (non-hydrogen) atoms. The van der Waals surface area contributed by atoms with Gasteiger partial charge in [0.25, 0.3) is 0 Å². The van der Waals surface area contributed by atoms with Crippen LogP contribution in [0.1, 0.15) is 43.0 Å². The van der Waals surface area contributed by atoms with Crippen molar-refractivity contribution in [3.8, 4) is 0 Å². The van der Waals surface area contributed by atoms with Gasteiger partial charge < -0.3 is 5.32 Å². The number of nitrogens with one attached hydrogen (secondary N) is 1. The van der Waals surface area contributed by atoms with E-state index in [-0.39, 0.29) is 0 Å². The first kappa shape index (κ1) is 13.8. The van der Waals surface area contributed by atoms with E-state index in [0.29, 0.717) is 6.04 Å². The molecule has 0 aromatic heterocycles. The zero-order valence-corrected chi connectivity index (χ0v) is 11.9. The van der Waals surface area contributed by atoms with Crippen molar-refractivity contribution in [3.63, 3.8) is 0 Å². The molecule has 0 aliphatic carbocycles. The summed E-state index contributed by atoms with van der Waals surface area (Å²) in [6.07, 6.45) is 2.22. The van der Waals surface area contributed by atoms with Gasteiger partial charge in [-0.25, -0.2) is 0 Å². The quantitative estimate of drug-likeness (QED) is 0.799. The van der Waals surface area contributed by atoms with Gasteiger partial charge in [-0.2, -0.15) is 0 Å². The molecule has 1 atom stereocenters. The lowest BCUT2D eigenvalue weighted by Crippen LogP contribution is -2.20. The number of hydrogen-bond acceptors (Lipinski definition) is 1. The van der Waals surface area contributed by atoms with Crippen LogP contribution in [0.4, 0.5) is 0 Å². The van der Waals surface area contributed by atoms with Gasteiger partial charge in [-0.3, -0.25) is 0 Å². The minimum atomic E-state index is 0.436. The molecule has 100 valence electrons. The van der Waals surface area contributed by atoms with E-state index in [1.807, 2.05) is 0 Å². The fourth-order valence-electron chi connectivity index (χ4n) is 2.32. The highest BCUT2D eigenvalue weighted by Gasteiger charge is 2.08. The number of rotatable bonds is 6. The fourth-order valence-corrected chi connectivity index (χ4v) is 2.32. The summed E-state index contributed by atoms with van der Waals surface area (Å²) in [5.41, 5.74) is 4.13. The monoisotopic (exact) mass is 253 g/mol. The number of aryl methyl sites for hydroxylation is 1. The zero-order valence-electron chi connectivity index (χ0n) is 11.9. The van der Waals surface area contributed by atoms with Gasteiger partial charge in [0.2, 0.25) is 0 Å². The fraction of sp³-hybridized carbons (Fsp3) is 0.333. The lowest BCUT2D eigenvalue weighted by atomic mass is 10.0. The summed E-state index contributed by atoms with van der Waals surface area (Å²) < 4.78 is 0. The van der Waals surface area contributed by atoms with Crippen LogP contribution in [0.15, 0.2) is 54.6 Å². The average Bonchev–Trinajstić information content (AvgIpc) is 2.49. The molecule has 0 fully saturated rings. The van der Waals surface area contributed by atoms with E-state index < -0.39 is 0 Å². The summed E-state index contributed by atoms with van der Waals surface area (Å²) in [5, 5.41) is 3.64. The van der Waals surface area contributed by atoms with Crippen LogP contribution in [-0.2, 0) is 13.0 Å². The highest BCUT2D eigenvalue weighted by molar-refractivity contribution is 5.25.